The highest BCUT2D eigenvalue weighted by Crippen LogP contribution is 2.41. The van der Waals surface area contributed by atoms with Crippen molar-refractivity contribution < 1.29 is 4.52 Å². The largest absolute Gasteiger partial charge is 0.380 e. The molecule has 0 unspecified atom stereocenters. The molecule has 2 heterocycles. The van der Waals surface area contributed by atoms with Gasteiger partial charge in [0.1, 0.15) is 5.76 Å². The first kappa shape index (κ1) is 10.3. The van der Waals surface area contributed by atoms with E-state index in [2.05, 4.69) is 10.1 Å². The van der Waals surface area contributed by atoms with Crippen molar-refractivity contribution in [2.45, 2.75) is 31.6 Å². The van der Waals surface area contributed by atoms with Gasteiger partial charge in [-0.15, -0.1) is 0 Å². The second kappa shape index (κ2) is 4.20. The minimum Gasteiger partial charge on any atom is -0.380 e. The van der Waals surface area contributed by atoms with Crippen LogP contribution in [0.3, 0.4) is 0 Å². The van der Waals surface area contributed by atoms with Crippen LogP contribution in [-0.4, -0.2) is 10.1 Å². The summed E-state index contributed by atoms with van der Waals surface area (Å²) < 4.78 is 5.44. The summed E-state index contributed by atoms with van der Waals surface area (Å²) in [6, 6.07) is 3.89. The van der Waals surface area contributed by atoms with Crippen molar-refractivity contribution in [2.24, 2.45) is 0 Å². The molecule has 0 spiro atoms. The lowest BCUT2D eigenvalue weighted by Crippen LogP contribution is -1.95. The van der Waals surface area contributed by atoms with Crippen LogP contribution < -0.4 is 5.73 Å². The molecule has 4 heteroatoms. The molecular weight excluding hydrogens is 214 g/mol. The molecule has 2 N–H and O–H groups in total. The molecule has 1 fully saturated rings. The Morgan fingerprint density at radius 2 is 1.88 bits per heavy atom. The summed E-state index contributed by atoms with van der Waals surface area (Å²) >= 11 is 0. The first-order chi connectivity index (χ1) is 8.36. The predicted octanol–water partition coefficient (Wildman–Crippen LogP) is 2.98. The Hall–Kier alpha value is -1.84. The molecule has 0 bridgehead atoms. The van der Waals surface area contributed by atoms with Crippen molar-refractivity contribution in [3.63, 3.8) is 0 Å². The molecule has 0 aromatic carbocycles. The van der Waals surface area contributed by atoms with Crippen molar-refractivity contribution in [2.75, 3.05) is 5.73 Å². The Kier molecular flexibility index (Phi) is 2.55. The summed E-state index contributed by atoms with van der Waals surface area (Å²) in [5, 5.41) is 3.92. The molecule has 2 aromatic rings. The van der Waals surface area contributed by atoms with Crippen LogP contribution in [-0.2, 0) is 0 Å². The van der Waals surface area contributed by atoms with Gasteiger partial charge in [-0.05, 0) is 30.5 Å². The molecule has 3 rings (SSSR count). The van der Waals surface area contributed by atoms with Crippen LogP contribution in [0.1, 0.15) is 37.4 Å². The van der Waals surface area contributed by atoms with E-state index in [1.165, 1.54) is 25.7 Å². The fourth-order valence-electron chi connectivity index (χ4n) is 2.59. The molecule has 0 atom stereocenters. The molecule has 88 valence electrons. The van der Waals surface area contributed by atoms with E-state index in [0.717, 1.165) is 16.9 Å². The normalized spacial score (nSPS) is 16.5. The number of aromatic nitrogens is 2. The maximum atomic E-state index is 5.92. The quantitative estimate of drug-likeness (QED) is 0.859. The first-order valence-corrected chi connectivity index (χ1v) is 6.01. The lowest BCUT2D eigenvalue weighted by Gasteiger charge is -2.07. The molecule has 17 heavy (non-hydrogen) atoms. The standard InChI is InChI=1S/C13H15N3O/c14-13-11(9-5-7-15-8-6-9)12(17-16-13)10-3-1-2-4-10/h5-8,10H,1-4H2,(H2,14,16). The fourth-order valence-corrected chi connectivity index (χ4v) is 2.59. The third-order valence-corrected chi connectivity index (χ3v) is 3.44. The smallest absolute Gasteiger partial charge is 0.175 e. The van der Waals surface area contributed by atoms with Crippen LogP contribution in [0.25, 0.3) is 11.1 Å². The van der Waals surface area contributed by atoms with Gasteiger partial charge in [0.05, 0.1) is 5.56 Å². The molecule has 4 nitrogen and oxygen atoms in total. The summed E-state index contributed by atoms with van der Waals surface area (Å²) in [6.07, 6.45) is 8.40. The maximum absolute atomic E-state index is 5.92. The Morgan fingerprint density at radius 3 is 2.59 bits per heavy atom. The van der Waals surface area contributed by atoms with Gasteiger partial charge in [0.15, 0.2) is 5.82 Å². The van der Waals surface area contributed by atoms with Gasteiger partial charge in [0, 0.05) is 18.3 Å². The highest BCUT2D eigenvalue weighted by molar-refractivity contribution is 5.75. The average molecular weight is 229 g/mol. The van der Waals surface area contributed by atoms with E-state index in [4.69, 9.17) is 10.3 Å². The second-order valence-corrected chi connectivity index (χ2v) is 4.52. The van der Waals surface area contributed by atoms with Crippen LogP contribution in [0.4, 0.5) is 5.82 Å². The van der Waals surface area contributed by atoms with Crippen LogP contribution in [0.2, 0.25) is 0 Å². The summed E-state index contributed by atoms with van der Waals surface area (Å²) in [5.41, 5.74) is 7.92. The zero-order valence-corrected chi connectivity index (χ0v) is 9.60. The Balaban J connectivity index is 2.06. The van der Waals surface area contributed by atoms with E-state index in [-0.39, 0.29) is 0 Å². The predicted molar refractivity (Wildman–Crippen MR) is 65.4 cm³/mol. The molecule has 0 amide bonds. The number of hydrogen-bond acceptors (Lipinski definition) is 4. The molecule has 1 aliphatic carbocycles. The van der Waals surface area contributed by atoms with Crippen molar-refractivity contribution >= 4 is 5.82 Å². The first-order valence-electron chi connectivity index (χ1n) is 6.01. The van der Waals surface area contributed by atoms with Gasteiger partial charge in [-0.1, -0.05) is 18.0 Å². The third kappa shape index (κ3) is 1.79. The molecule has 2 aromatic heterocycles. The Labute approximate surface area is 99.8 Å². The highest BCUT2D eigenvalue weighted by Gasteiger charge is 2.26. The van der Waals surface area contributed by atoms with E-state index < -0.39 is 0 Å². The number of rotatable bonds is 2. The summed E-state index contributed by atoms with van der Waals surface area (Å²) in [7, 11) is 0. The summed E-state index contributed by atoms with van der Waals surface area (Å²) in [5.74, 6) is 1.91. The summed E-state index contributed by atoms with van der Waals surface area (Å²) in [4.78, 5) is 4.02. The van der Waals surface area contributed by atoms with Crippen LogP contribution >= 0.6 is 0 Å². The number of nitrogens with two attached hydrogens (primary N) is 1. The molecule has 0 aliphatic heterocycles. The van der Waals surface area contributed by atoms with Crippen molar-refractivity contribution in [3.05, 3.63) is 30.3 Å². The van der Waals surface area contributed by atoms with Gasteiger partial charge in [-0.2, -0.15) is 0 Å². The average Bonchev–Trinajstić information content (AvgIpc) is 2.98. The Bertz CT molecular complexity index is 501. The minimum atomic E-state index is 0.475. The zero-order valence-electron chi connectivity index (χ0n) is 9.60. The number of pyridine rings is 1. The van der Waals surface area contributed by atoms with E-state index in [0.29, 0.717) is 11.7 Å². The minimum absolute atomic E-state index is 0.475. The lowest BCUT2D eigenvalue weighted by atomic mass is 9.97. The second-order valence-electron chi connectivity index (χ2n) is 4.52. The van der Waals surface area contributed by atoms with Crippen molar-refractivity contribution in [1.82, 2.24) is 10.1 Å². The van der Waals surface area contributed by atoms with Gasteiger partial charge in [0.2, 0.25) is 0 Å². The lowest BCUT2D eigenvalue weighted by molar-refractivity contribution is 0.363. The zero-order chi connectivity index (χ0) is 11.7. The van der Waals surface area contributed by atoms with E-state index in [9.17, 15) is 0 Å². The third-order valence-electron chi connectivity index (χ3n) is 3.44. The highest BCUT2D eigenvalue weighted by atomic mass is 16.5. The van der Waals surface area contributed by atoms with Gasteiger partial charge >= 0.3 is 0 Å². The van der Waals surface area contributed by atoms with E-state index in [1.807, 2.05) is 12.1 Å². The maximum Gasteiger partial charge on any atom is 0.175 e. The monoisotopic (exact) mass is 229 g/mol. The van der Waals surface area contributed by atoms with Gasteiger partial charge in [-0.25, -0.2) is 0 Å². The fraction of sp³-hybridized carbons (Fsp3) is 0.385. The van der Waals surface area contributed by atoms with Crippen LogP contribution in [0, 0.1) is 0 Å². The van der Waals surface area contributed by atoms with Gasteiger partial charge in [-0.3, -0.25) is 4.98 Å². The summed E-state index contributed by atoms with van der Waals surface area (Å²) in [6.45, 7) is 0. The van der Waals surface area contributed by atoms with Gasteiger partial charge in [0.25, 0.3) is 0 Å². The molecule has 1 saturated carbocycles. The van der Waals surface area contributed by atoms with E-state index >= 15 is 0 Å². The van der Waals surface area contributed by atoms with Crippen LogP contribution in [0.15, 0.2) is 29.0 Å². The van der Waals surface area contributed by atoms with Crippen molar-refractivity contribution in [1.29, 1.82) is 0 Å². The molecule has 0 saturated heterocycles. The number of hydrogen-bond donors (Lipinski definition) is 1. The SMILES string of the molecule is Nc1noc(C2CCCC2)c1-c1ccncc1. The number of nitrogen functional groups attached to an aromatic ring is 1. The molecular formula is C13H15N3O. The van der Waals surface area contributed by atoms with Gasteiger partial charge < -0.3 is 10.3 Å². The molecule has 1 aliphatic rings. The van der Waals surface area contributed by atoms with Crippen LogP contribution in [0.5, 0.6) is 0 Å². The van der Waals surface area contributed by atoms with Crippen molar-refractivity contribution in [3.8, 4) is 11.1 Å². The number of anilines is 1. The molecule has 0 radical (unpaired) electrons. The topological polar surface area (TPSA) is 64.9 Å². The Morgan fingerprint density at radius 1 is 1.18 bits per heavy atom. The number of nitrogens with zero attached hydrogens (tertiary/aromatic N) is 2. The van der Waals surface area contributed by atoms with E-state index in [1.54, 1.807) is 12.4 Å².